The maximum Gasteiger partial charge on any atom is 0.230 e. The first-order valence-corrected chi connectivity index (χ1v) is 10.6. The number of aryl methyl sites for hydroxylation is 2. The van der Waals surface area contributed by atoms with Crippen LogP contribution in [0.25, 0.3) is 0 Å². The number of benzene rings is 2. The number of rotatable bonds is 6. The minimum absolute atomic E-state index is 0.00505. The Morgan fingerprint density at radius 2 is 1.80 bits per heavy atom. The minimum Gasteiger partial charge on any atom is -0.351 e. The molecule has 2 aromatic carbocycles. The molecule has 1 saturated carbocycles. The molecule has 0 unspecified atom stereocenters. The summed E-state index contributed by atoms with van der Waals surface area (Å²) < 4.78 is 15.8. The van der Waals surface area contributed by atoms with Gasteiger partial charge < -0.3 is 5.32 Å². The molecule has 4 nitrogen and oxygen atoms in total. The molecule has 1 aliphatic carbocycles. The quantitative estimate of drug-likeness (QED) is 0.639. The maximum absolute atomic E-state index is 13.8. The number of hydrogen-bond donors (Lipinski definition) is 1. The third-order valence-electron chi connectivity index (χ3n) is 6.15. The van der Waals surface area contributed by atoms with Crippen molar-refractivity contribution < 1.29 is 9.18 Å². The van der Waals surface area contributed by atoms with Gasteiger partial charge in [-0.3, -0.25) is 9.48 Å². The van der Waals surface area contributed by atoms with E-state index in [2.05, 4.69) is 35.5 Å². The molecule has 0 radical (unpaired) electrons. The Labute approximate surface area is 177 Å². The number of halogens is 1. The molecule has 1 N–H and O–H groups in total. The molecule has 3 aromatic rings. The molecule has 1 fully saturated rings. The van der Waals surface area contributed by atoms with Gasteiger partial charge in [-0.1, -0.05) is 49.2 Å². The Balaban J connectivity index is 1.47. The van der Waals surface area contributed by atoms with Gasteiger partial charge >= 0.3 is 0 Å². The highest BCUT2D eigenvalue weighted by Crippen LogP contribution is 2.41. The van der Waals surface area contributed by atoms with Gasteiger partial charge in [0, 0.05) is 12.2 Å². The third-order valence-corrected chi connectivity index (χ3v) is 6.15. The molecule has 1 aromatic heterocycles. The van der Waals surface area contributed by atoms with Gasteiger partial charge in [-0.05, 0) is 61.6 Å². The Morgan fingerprint density at radius 1 is 1.07 bits per heavy atom. The molecule has 30 heavy (non-hydrogen) atoms. The van der Waals surface area contributed by atoms with Crippen LogP contribution in [0.3, 0.4) is 0 Å². The fourth-order valence-electron chi connectivity index (χ4n) is 4.61. The third kappa shape index (κ3) is 4.16. The first-order chi connectivity index (χ1) is 14.5. The van der Waals surface area contributed by atoms with Gasteiger partial charge in [0.05, 0.1) is 17.7 Å². The monoisotopic (exact) mass is 405 g/mol. The number of nitrogens with one attached hydrogen (secondary N) is 1. The van der Waals surface area contributed by atoms with E-state index in [9.17, 15) is 9.18 Å². The lowest BCUT2D eigenvalue weighted by Crippen LogP contribution is -2.42. The molecule has 1 heterocycles. The number of nitrogens with zero attached hydrogens (tertiary/aromatic N) is 2. The van der Waals surface area contributed by atoms with Crippen LogP contribution in [0.4, 0.5) is 4.39 Å². The molecular weight excluding hydrogens is 377 g/mol. The van der Waals surface area contributed by atoms with Crippen LogP contribution in [-0.4, -0.2) is 15.7 Å². The molecule has 0 bridgehead atoms. The summed E-state index contributed by atoms with van der Waals surface area (Å²) in [5.41, 5.74) is 4.50. The second-order valence-electron chi connectivity index (χ2n) is 8.39. The van der Waals surface area contributed by atoms with E-state index in [4.69, 9.17) is 0 Å². The molecule has 0 aliphatic heterocycles. The first-order valence-electron chi connectivity index (χ1n) is 10.6. The molecular formula is C25H28FN3O. The Morgan fingerprint density at radius 3 is 2.50 bits per heavy atom. The summed E-state index contributed by atoms with van der Waals surface area (Å²) in [6.45, 7) is 5.21. The van der Waals surface area contributed by atoms with Gasteiger partial charge in [-0.25, -0.2) is 4.39 Å². The molecule has 156 valence electrons. The van der Waals surface area contributed by atoms with Gasteiger partial charge in [-0.2, -0.15) is 5.10 Å². The number of carbonyl (C=O) groups excluding carboxylic acids is 1. The Bertz CT molecular complexity index is 1050. The largest absolute Gasteiger partial charge is 0.351 e. The summed E-state index contributed by atoms with van der Waals surface area (Å²) in [4.78, 5) is 13.2. The summed E-state index contributed by atoms with van der Waals surface area (Å²) >= 11 is 0. The fraction of sp³-hybridized carbons (Fsp3) is 0.360. The second kappa shape index (κ2) is 8.42. The Hall–Kier alpha value is -2.95. The summed E-state index contributed by atoms with van der Waals surface area (Å²) in [6, 6.07) is 16.8. The van der Waals surface area contributed by atoms with Crippen molar-refractivity contribution in [1.29, 1.82) is 0 Å². The van der Waals surface area contributed by atoms with Gasteiger partial charge in [-0.15, -0.1) is 0 Å². The average molecular weight is 406 g/mol. The normalized spacial score (nSPS) is 15.3. The van der Waals surface area contributed by atoms with Crippen LogP contribution >= 0.6 is 0 Å². The lowest BCUT2D eigenvalue weighted by Gasteiger charge is -2.28. The number of amides is 1. The van der Waals surface area contributed by atoms with E-state index >= 15 is 0 Å². The maximum atomic E-state index is 13.8. The van der Waals surface area contributed by atoms with Crippen LogP contribution in [0.5, 0.6) is 0 Å². The molecule has 1 amide bonds. The summed E-state index contributed by atoms with van der Waals surface area (Å²) in [6.07, 6.45) is 3.50. The molecule has 0 atom stereocenters. The van der Waals surface area contributed by atoms with Gasteiger partial charge in [0.2, 0.25) is 5.91 Å². The lowest BCUT2D eigenvalue weighted by molar-refractivity contribution is -0.126. The summed E-state index contributed by atoms with van der Waals surface area (Å²) in [5.74, 6) is -0.294. The Kier molecular flexibility index (Phi) is 5.71. The standard InChI is InChI=1S/C25H28FN3O/c1-18-13-19(2)29(28-18)17-21-8-5-7-20(14-21)16-27-24(30)25(11-3-4-12-25)22-9-6-10-23(26)15-22/h5-10,13-15H,3-4,11-12,16-17H2,1-2H3,(H,27,30). The van der Waals surface area contributed by atoms with Crippen LogP contribution < -0.4 is 5.32 Å². The van der Waals surface area contributed by atoms with Crippen molar-refractivity contribution in [2.75, 3.05) is 0 Å². The van der Waals surface area contributed by atoms with Gasteiger partial charge in [0.1, 0.15) is 5.82 Å². The van der Waals surface area contributed by atoms with E-state index in [0.717, 1.165) is 53.8 Å². The van der Waals surface area contributed by atoms with Crippen LogP contribution in [0.2, 0.25) is 0 Å². The zero-order valence-corrected chi connectivity index (χ0v) is 17.6. The van der Waals surface area contributed by atoms with E-state index in [1.165, 1.54) is 12.1 Å². The van der Waals surface area contributed by atoms with Crippen LogP contribution in [-0.2, 0) is 23.3 Å². The van der Waals surface area contributed by atoms with E-state index in [1.54, 1.807) is 6.07 Å². The van der Waals surface area contributed by atoms with Crippen LogP contribution in [0.1, 0.15) is 53.8 Å². The highest BCUT2D eigenvalue weighted by Gasteiger charge is 2.42. The van der Waals surface area contributed by atoms with Crippen LogP contribution in [0.15, 0.2) is 54.6 Å². The lowest BCUT2D eigenvalue weighted by atomic mass is 9.78. The van der Waals surface area contributed by atoms with Crippen molar-refractivity contribution >= 4 is 5.91 Å². The van der Waals surface area contributed by atoms with Crippen molar-refractivity contribution in [1.82, 2.24) is 15.1 Å². The van der Waals surface area contributed by atoms with Crippen LogP contribution in [0, 0.1) is 19.7 Å². The van der Waals surface area contributed by atoms with E-state index in [1.807, 2.05) is 29.8 Å². The summed E-state index contributed by atoms with van der Waals surface area (Å²) in [5, 5.41) is 7.65. The molecule has 4 rings (SSSR count). The predicted molar refractivity (Wildman–Crippen MR) is 116 cm³/mol. The van der Waals surface area contributed by atoms with Crippen molar-refractivity contribution in [2.24, 2.45) is 0 Å². The molecule has 1 aliphatic rings. The van der Waals surface area contributed by atoms with Crippen molar-refractivity contribution in [3.05, 3.63) is 88.5 Å². The molecule has 0 spiro atoms. The van der Waals surface area contributed by atoms with Crippen molar-refractivity contribution in [2.45, 2.75) is 58.0 Å². The number of carbonyl (C=O) groups is 1. The zero-order valence-electron chi connectivity index (χ0n) is 17.6. The SMILES string of the molecule is Cc1cc(C)n(Cc2cccc(CNC(=O)C3(c4cccc(F)c4)CCCC3)c2)n1. The van der Waals surface area contributed by atoms with Crippen molar-refractivity contribution in [3.63, 3.8) is 0 Å². The highest BCUT2D eigenvalue weighted by atomic mass is 19.1. The number of hydrogen-bond acceptors (Lipinski definition) is 2. The van der Waals surface area contributed by atoms with Crippen molar-refractivity contribution in [3.8, 4) is 0 Å². The van der Waals surface area contributed by atoms with Gasteiger partial charge in [0.15, 0.2) is 0 Å². The topological polar surface area (TPSA) is 46.9 Å². The van der Waals surface area contributed by atoms with E-state index in [0.29, 0.717) is 13.1 Å². The zero-order chi connectivity index (χ0) is 21.1. The molecule has 5 heteroatoms. The van der Waals surface area contributed by atoms with Gasteiger partial charge in [0.25, 0.3) is 0 Å². The van der Waals surface area contributed by atoms with E-state index in [-0.39, 0.29) is 11.7 Å². The minimum atomic E-state index is -0.622. The average Bonchev–Trinajstić information content (AvgIpc) is 3.34. The van der Waals surface area contributed by atoms with E-state index < -0.39 is 5.41 Å². The first kappa shape index (κ1) is 20.3. The second-order valence-corrected chi connectivity index (χ2v) is 8.39. The predicted octanol–water partition coefficient (Wildman–Crippen LogP) is 4.82. The highest BCUT2D eigenvalue weighted by molar-refractivity contribution is 5.88. The smallest absolute Gasteiger partial charge is 0.230 e. The number of aromatic nitrogens is 2. The summed E-state index contributed by atoms with van der Waals surface area (Å²) in [7, 11) is 0. The fourth-order valence-corrected chi connectivity index (χ4v) is 4.61. The molecule has 0 saturated heterocycles.